The summed E-state index contributed by atoms with van der Waals surface area (Å²) in [5, 5.41) is 0. The summed E-state index contributed by atoms with van der Waals surface area (Å²) >= 11 is 0. The standard InChI is InChI=1S/C28H34O13.C19H24O6/c1-7-21(29)36-15-27(16-37-22(30)8-2,17-38-23(31)9-3)13-35-14-28(18-39-24(32)10-4,19-40-25(33)11-5)20-41-26(34)12-6;1-5-15(20)9-11-19(12-10-16(21)6-2,13-24-17(22)7-3)14-25-18(23)8-4/h7-12H,1-6,13-20H2;5-8H,1-4,9-14H2. The highest BCUT2D eigenvalue weighted by Crippen LogP contribution is 2.32. The molecule has 0 aliphatic carbocycles. The van der Waals surface area contributed by atoms with E-state index in [-0.39, 0.29) is 50.5 Å². The fraction of sp³-hybridized carbons (Fsp3) is 0.362. The summed E-state index contributed by atoms with van der Waals surface area (Å²) in [5.41, 5.74) is -3.88. The molecule has 0 heterocycles. The Morgan fingerprint density at radius 1 is 0.273 bits per heavy atom. The predicted molar refractivity (Wildman–Crippen MR) is 236 cm³/mol. The SMILES string of the molecule is C=CC(=O)CCC(CCC(=O)C=C)(COC(=O)C=C)COC(=O)C=C.C=CC(=O)OCC(COCC(COC(=O)C=C)(COC(=O)C=C)COC(=O)C=C)(COC(=O)C=C)COC(=O)C=C. The lowest BCUT2D eigenvalue weighted by molar-refractivity contribution is -0.170. The topological polar surface area (TPSA) is 254 Å². The summed E-state index contributed by atoms with van der Waals surface area (Å²) in [6.07, 6.45) is 10.4. The normalized spacial score (nSPS) is 10.4. The Morgan fingerprint density at radius 3 is 0.621 bits per heavy atom. The molecule has 0 spiro atoms. The number of carbonyl (C=O) groups excluding carboxylic acids is 10. The summed E-state index contributed by atoms with van der Waals surface area (Å²) in [7, 11) is 0. The largest absolute Gasteiger partial charge is 0.462 e. The van der Waals surface area contributed by atoms with Crippen molar-refractivity contribution >= 4 is 59.3 Å². The Labute approximate surface area is 383 Å². The van der Waals surface area contributed by atoms with Crippen LogP contribution in [0.5, 0.6) is 0 Å². The van der Waals surface area contributed by atoms with Gasteiger partial charge >= 0.3 is 47.8 Å². The molecule has 0 fully saturated rings. The van der Waals surface area contributed by atoms with E-state index in [4.69, 9.17) is 42.6 Å². The van der Waals surface area contributed by atoms with Gasteiger partial charge < -0.3 is 42.6 Å². The summed E-state index contributed by atoms with van der Waals surface area (Å²) in [4.78, 5) is 117. The van der Waals surface area contributed by atoms with Gasteiger partial charge in [-0.05, 0) is 25.0 Å². The highest BCUT2D eigenvalue weighted by atomic mass is 16.6. The van der Waals surface area contributed by atoms with E-state index in [0.717, 1.165) is 48.6 Å². The van der Waals surface area contributed by atoms with E-state index >= 15 is 0 Å². The number of hydrogen-bond acceptors (Lipinski definition) is 19. The van der Waals surface area contributed by atoms with Crippen LogP contribution in [0, 0.1) is 16.2 Å². The van der Waals surface area contributed by atoms with Gasteiger partial charge in [0.05, 0.1) is 24.0 Å². The molecule has 0 N–H and O–H groups in total. The second kappa shape index (κ2) is 33.9. The fourth-order valence-corrected chi connectivity index (χ4v) is 4.69. The number of ketones is 2. The third kappa shape index (κ3) is 26.8. The van der Waals surface area contributed by atoms with Gasteiger partial charge in [-0.25, -0.2) is 38.4 Å². The quantitative estimate of drug-likeness (QED) is 0.0491. The first kappa shape index (κ1) is 60.5. The zero-order chi connectivity index (χ0) is 50.6. The first-order valence-corrected chi connectivity index (χ1v) is 19.5. The number of ether oxygens (including phenoxy) is 9. The van der Waals surface area contributed by atoms with E-state index in [1.54, 1.807) is 0 Å². The molecule has 0 unspecified atom stereocenters. The second-order valence-corrected chi connectivity index (χ2v) is 13.8. The highest BCUT2D eigenvalue weighted by Gasteiger charge is 2.40. The Kier molecular flexibility index (Phi) is 31.1. The average molecular weight is 927 g/mol. The molecule has 0 amide bonds. The van der Waals surface area contributed by atoms with Crippen LogP contribution in [0.25, 0.3) is 0 Å². The molecule has 0 aromatic rings. The van der Waals surface area contributed by atoms with Gasteiger partial charge in [-0.1, -0.05) is 65.8 Å². The van der Waals surface area contributed by atoms with Crippen molar-refractivity contribution in [3.05, 3.63) is 127 Å². The summed E-state index contributed by atoms with van der Waals surface area (Å²) in [6, 6.07) is 0. The number of hydrogen-bond donors (Lipinski definition) is 0. The van der Waals surface area contributed by atoms with Crippen molar-refractivity contribution in [2.24, 2.45) is 16.2 Å². The summed E-state index contributed by atoms with van der Waals surface area (Å²) in [6.45, 7) is 29.3. The van der Waals surface area contributed by atoms with Gasteiger partial charge in [0.1, 0.15) is 52.9 Å². The smallest absolute Gasteiger partial charge is 0.330 e. The van der Waals surface area contributed by atoms with Crippen molar-refractivity contribution in [1.82, 2.24) is 0 Å². The predicted octanol–water partition coefficient (Wildman–Crippen LogP) is 3.85. The van der Waals surface area contributed by atoms with Crippen molar-refractivity contribution in [3.8, 4) is 0 Å². The molecule has 19 nitrogen and oxygen atoms in total. The lowest BCUT2D eigenvalue weighted by atomic mass is 9.79. The molecule has 66 heavy (non-hydrogen) atoms. The van der Waals surface area contributed by atoms with Crippen LogP contribution in [-0.2, 0) is 90.6 Å². The van der Waals surface area contributed by atoms with Crippen molar-refractivity contribution in [2.45, 2.75) is 25.7 Å². The monoisotopic (exact) mass is 926 g/mol. The number of carbonyl (C=O) groups is 10. The molecule has 0 saturated carbocycles. The number of allylic oxidation sites excluding steroid dienone is 2. The maximum absolute atomic E-state index is 11.8. The molecule has 19 heteroatoms. The molecule has 0 aliphatic heterocycles. The van der Waals surface area contributed by atoms with Crippen LogP contribution < -0.4 is 0 Å². The Balaban J connectivity index is 0. The minimum Gasteiger partial charge on any atom is -0.462 e. The van der Waals surface area contributed by atoms with E-state index in [1.807, 2.05) is 0 Å². The van der Waals surface area contributed by atoms with Gasteiger partial charge in [0.25, 0.3) is 0 Å². The van der Waals surface area contributed by atoms with Crippen LogP contribution in [0.2, 0.25) is 0 Å². The lowest BCUT2D eigenvalue weighted by Crippen LogP contribution is -2.47. The van der Waals surface area contributed by atoms with Gasteiger partial charge in [0.2, 0.25) is 0 Å². The van der Waals surface area contributed by atoms with Crippen molar-refractivity contribution in [2.75, 3.05) is 66.1 Å². The molecule has 360 valence electrons. The zero-order valence-electron chi connectivity index (χ0n) is 37.0. The summed E-state index contributed by atoms with van der Waals surface area (Å²) in [5.74, 6) is -6.72. The lowest BCUT2D eigenvalue weighted by Gasteiger charge is -2.35. The fourth-order valence-electron chi connectivity index (χ4n) is 4.69. The molecule has 0 rings (SSSR count). The van der Waals surface area contributed by atoms with Gasteiger partial charge in [0, 0.05) is 66.9 Å². The maximum Gasteiger partial charge on any atom is 0.330 e. The van der Waals surface area contributed by atoms with E-state index < -0.39 is 117 Å². The second-order valence-electron chi connectivity index (χ2n) is 13.8. The Bertz CT molecular complexity index is 1530. The molecule has 0 aromatic heterocycles. The zero-order valence-corrected chi connectivity index (χ0v) is 37.0. The van der Waals surface area contributed by atoms with Crippen LogP contribution in [0.1, 0.15) is 25.7 Å². The van der Waals surface area contributed by atoms with E-state index in [2.05, 4.69) is 65.8 Å². The maximum atomic E-state index is 11.8. The first-order chi connectivity index (χ1) is 31.3. The third-order valence-electron chi connectivity index (χ3n) is 8.57. The summed E-state index contributed by atoms with van der Waals surface area (Å²) < 4.78 is 46.9. The molecular formula is C47H58O19. The minimum absolute atomic E-state index is 0.114. The molecule has 0 radical (unpaired) electrons. The molecule has 0 saturated heterocycles. The molecular weight excluding hydrogens is 868 g/mol. The van der Waals surface area contributed by atoms with Crippen LogP contribution >= 0.6 is 0 Å². The van der Waals surface area contributed by atoms with Crippen LogP contribution in [0.15, 0.2) is 127 Å². The van der Waals surface area contributed by atoms with E-state index in [0.29, 0.717) is 0 Å². The highest BCUT2D eigenvalue weighted by molar-refractivity contribution is 5.90. The number of esters is 8. The van der Waals surface area contributed by atoms with Crippen LogP contribution in [0.3, 0.4) is 0 Å². The molecule has 0 bridgehead atoms. The van der Waals surface area contributed by atoms with E-state index in [1.165, 1.54) is 12.2 Å². The molecule has 0 aromatic carbocycles. The first-order valence-electron chi connectivity index (χ1n) is 19.5. The number of rotatable bonds is 36. The Morgan fingerprint density at radius 2 is 0.455 bits per heavy atom. The van der Waals surface area contributed by atoms with Crippen molar-refractivity contribution < 1.29 is 90.6 Å². The van der Waals surface area contributed by atoms with Crippen LogP contribution in [-0.4, -0.2) is 125 Å². The van der Waals surface area contributed by atoms with Crippen molar-refractivity contribution in [3.63, 3.8) is 0 Å². The van der Waals surface area contributed by atoms with E-state index in [9.17, 15) is 47.9 Å². The van der Waals surface area contributed by atoms with Gasteiger partial charge in [-0.3, -0.25) is 9.59 Å². The minimum atomic E-state index is -1.49. The molecule has 0 atom stereocenters. The third-order valence-corrected chi connectivity index (χ3v) is 8.57. The Hall–Kier alpha value is -7.54. The average Bonchev–Trinajstić information content (AvgIpc) is 3.34. The van der Waals surface area contributed by atoms with Gasteiger partial charge in [0.15, 0.2) is 11.6 Å². The molecule has 0 aliphatic rings. The van der Waals surface area contributed by atoms with Crippen LogP contribution in [0.4, 0.5) is 0 Å². The van der Waals surface area contributed by atoms with Crippen molar-refractivity contribution in [1.29, 1.82) is 0 Å². The van der Waals surface area contributed by atoms with Gasteiger partial charge in [-0.15, -0.1) is 0 Å². The van der Waals surface area contributed by atoms with Gasteiger partial charge in [-0.2, -0.15) is 0 Å².